The molecule has 0 aromatic carbocycles. The first-order valence-electron chi connectivity index (χ1n) is 6.21. The van der Waals surface area contributed by atoms with Crippen molar-refractivity contribution in [3.63, 3.8) is 0 Å². The highest BCUT2D eigenvalue weighted by Gasteiger charge is 2.43. The van der Waals surface area contributed by atoms with Crippen LogP contribution in [0.2, 0.25) is 0 Å². The van der Waals surface area contributed by atoms with E-state index in [9.17, 15) is 20.1 Å². The van der Waals surface area contributed by atoms with Gasteiger partial charge in [-0.2, -0.15) is 0 Å². The van der Waals surface area contributed by atoms with E-state index in [1.165, 1.54) is 0 Å². The van der Waals surface area contributed by atoms with E-state index in [2.05, 4.69) is 5.32 Å². The van der Waals surface area contributed by atoms with Crippen LogP contribution >= 0.6 is 0 Å². The lowest BCUT2D eigenvalue weighted by molar-refractivity contribution is -0.131. The molecular formula is C12H23NO5. The van der Waals surface area contributed by atoms with Crippen LogP contribution < -0.4 is 5.32 Å². The van der Waals surface area contributed by atoms with Gasteiger partial charge in [-0.1, -0.05) is 6.92 Å². The molecule has 0 aliphatic carbocycles. The summed E-state index contributed by atoms with van der Waals surface area (Å²) in [7, 11) is 0. The Balaban J connectivity index is 2.76. The molecule has 1 rings (SSSR count). The molecule has 0 bridgehead atoms. The van der Waals surface area contributed by atoms with Crippen molar-refractivity contribution in [2.75, 3.05) is 19.8 Å². The third-order valence-electron chi connectivity index (χ3n) is 3.84. The molecule has 0 saturated carbocycles. The van der Waals surface area contributed by atoms with Crippen molar-refractivity contribution in [3.8, 4) is 0 Å². The Morgan fingerprint density at radius 3 is 1.94 bits per heavy atom. The van der Waals surface area contributed by atoms with E-state index < -0.39 is 25.4 Å². The highest BCUT2D eigenvalue weighted by atomic mass is 16.5. The summed E-state index contributed by atoms with van der Waals surface area (Å²) in [6.45, 7) is 4.11. The summed E-state index contributed by atoms with van der Waals surface area (Å²) in [6, 6.07) is 0. The second-order valence-electron chi connectivity index (χ2n) is 5.18. The van der Waals surface area contributed by atoms with E-state index in [-0.39, 0.29) is 30.0 Å². The summed E-state index contributed by atoms with van der Waals surface area (Å²) < 4.78 is 5.57. The van der Waals surface area contributed by atoms with Crippen LogP contribution in [0.1, 0.15) is 20.8 Å². The van der Waals surface area contributed by atoms with E-state index in [0.29, 0.717) is 0 Å². The van der Waals surface area contributed by atoms with Crippen LogP contribution in [0.4, 0.5) is 0 Å². The first-order chi connectivity index (χ1) is 8.40. The fourth-order valence-electron chi connectivity index (χ4n) is 2.33. The molecule has 1 saturated heterocycles. The summed E-state index contributed by atoms with van der Waals surface area (Å²) in [6.07, 6.45) is -0.230. The number of hydrogen-bond donors (Lipinski definition) is 4. The molecule has 0 aromatic heterocycles. The minimum atomic E-state index is -1.37. The minimum Gasteiger partial charge on any atom is -0.394 e. The first kappa shape index (κ1) is 15.4. The zero-order valence-electron chi connectivity index (χ0n) is 11.1. The SMILES string of the molecule is CC1OC(C)C(C(=O)NC(CO)(CO)CO)C1C. The number of carbonyl (C=O) groups is 1. The van der Waals surface area contributed by atoms with Crippen LogP contribution in [-0.2, 0) is 9.53 Å². The Bertz CT molecular complexity index is 284. The maximum Gasteiger partial charge on any atom is 0.226 e. The summed E-state index contributed by atoms with van der Waals surface area (Å²) in [5, 5.41) is 30.1. The number of amides is 1. The van der Waals surface area contributed by atoms with Gasteiger partial charge in [-0.05, 0) is 19.8 Å². The fraction of sp³-hybridized carbons (Fsp3) is 0.917. The van der Waals surface area contributed by atoms with Gasteiger partial charge >= 0.3 is 0 Å². The van der Waals surface area contributed by atoms with Crippen molar-refractivity contribution in [3.05, 3.63) is 0 Å². The summed E-state index contributed by atoms with van der Waals surface area (Å²) >= 11 is 0. The molecule has 1 aliphatic rings. The molecule has 6 heteroatoms. The number of nitrogens with one attached hydrogen (secondary N) is 1. The van der Waals surface area contributed by atoms with Crippen molar-refractivity contribution in [1.29, 1.82) is 0 Å². The van der Waals surface area contributed by atoms with Crippen LogP contribution in [0.15, 0.2) is 0 Å². The van der Waals surface area contributed by atoms with Gasteiger partial charge in [0, 0.05) is 0 Å². The molecule has 1 aliphatic heterocycles. The summed E-state index contributed by atoms with van der Waals surface area (Å²) in [5.74, 6) is -0.602. The van der Waals surface area contributed by atoms with Crippen LogP contribution in [0.25, 0.3) is 0 Å². The predicted molar refractivity (Wildman–Crippen MR) is 64.8 cm³/mol. The Hall–Kier alpha value is -0.690. The van der Waals surface area contributed by atoms with E-state index in [1.54, 1.807) is 0 Å². The quantitative estimate of drug-likeness (QED) is 0.502. The smallest absolute Gasteiger partial charge is 0.226 e. The van der Waals surface area contributed by atoms with Crippen molar-refractivity contribution in [1.82, 2.24) is 5.32 Å². The maximum atomic E-state index is 12.2. The highest BCUT2D eigenvalue weighted by molar-refractivity contribution is 5.80. The van der Waals surface area contributed by atoms with E-state index in [4.69, 9.17) is 4.74 Å². The molecule has 1 heterocycles. The van der Waals surface area contributed by atoms with E-state index in [1.807, 2.05) is 20.8 Å². The lowest BCUT2D eigenvalue weighted by atomic mass is 9.88. The predicted octanol–water partition coefficient (Wildman–Crippen LogP) is -1.12. The average Bonchev–Trinajstić information content (AvgIpc) is 2.60. The molecule has 0 aromatic rings. The molecule has 1 fully saturated rings. The molecule has 18 heavy (non-hydrogen) atoms. The summed E-state index contributed by atoms with van der Waals surface area (Å²) in [4.78, 5) is 12.2. The number of aliphatic hydroxyl groups is 3. The van der Waals surface area contributed by atoms with Gasteiger partial charge in [0.15, 0.2) is 0 Å². The topological polar surface area (TPSA) is 99.0 Å². The second-order valence-corrected chi connectivity index (χ2v) is 5.18. The Labute approximate surface area is 107 Å². The zero-order chi connectivity index (χ0) is 13.9. The lowest BCUT2D eigenvalue weighted by Crippen LogP contribution is -2.59. The molecule has 4 unspecified atom stereocenters. The standard InChI is InChI=1S/C12H23NO5/c1-7-8(2)18-9(3)10(7)11(17)13-12(4-14,5-15)6-16/h7-10,14-16H,4-6H2,1-3H3,(H,13,17). The number of aliphatic hydroxyl groups excluding tert-OH is 3. The maximum absolute atomic E-state index is 12.2. The van der Waals surface area contributed by atoms with Gasteiger partial charge in [-0.15, -0.1) is 0 Å². The minimum absolute atomic E-state index is 0.0115. The van der Waals surface area contributed by atoms with Gasteiger partial charge in [0.25, 0.3) is 0 Å². The molecule has 106 valence electrons. The van der Waals surface area contributed by atoms with Gasteiger partial charge in [-0.25, -0.2) is 0 Å². The number of rotatable bonds is 5. The normalized spacial score (nSPS) is 32.6. The molecule has 4 N–H and O–H groups in total. The van der Waals surface area contributed by atoms with Crippen molar-refractivity contribution in [2.45, 2.75) is 38.5 Å². The van der Waals surface area contributed by atoms with Crippen LogP contribution in [0, 0.1) is 11.8 Å². The number of hydrogen-bond acceptors (Lipinski definition) is 5. The molecule has 0 radical (unpaired) electrons. The van der Waals surface area contributed by atoms with Crippen LogP contribution in [0.5, 0.6) is 0 Å². The van der Waals surface area contributed by atoms with Gasteiger partial charge < -0.3 is 25.4 Å². The number of ether oxygens (including phenoxy) is 1. The van der Waals surface area contributed by atoms with Crippen molar-refractivity contribution in [2.24, 2.45) is 11.8 Å². The Morgan fingerprint density at radius 1 is 1.11 bits per heavy atom. The van der Waals surface area contributed by atoms with Crippen molar-refractivity contribution < 1.29 is 24.9 Å². The molecule has 4 atom stereocenters. The first-order valence-corrected chi connectivity index (χ1v) is 6.21. The Morgan fingerprint density at radius 2 is 1.61 bits per heavy atom. The fourth-order valence-corrected chi connectivity index (χ4v) is 2.33. The second kappa shape index (κ2) is 5.97. The number of carbonyl (C=O) groups excluding carboxylic acids is 1. The Kier molecular flexibility index (Phi) is 5.10. The highest BCUT2D eigenvalue weighted by Crippen LogP contribution is 2.32. The molecule has 6 nitrogen and oxygen atoms in total. The van der Waals surface area contributed by atoms with Gasteiger partial charge in [0.05, 0.1) is 37.9 Å². The van der Waals surface area contributed by atoms with Gasteiger partial charge in [-0.3, -0.25) is 4.79 Å². The van der Waals surface area contributed by atoms with Crippen molar-refractivity contribution >= 4 is 5.91 Å². The van der Waals surface area contributed by atoms with Gasteiger partial charge in [0.1, 0.15) is 5.54 Å². The lowest BCUT2D eigenvalue weighted by Gasteiger charge is -2.31. The van der Waals surface area contributed by atoms with E-state index in [0.717, 1.165) is 0 Å². The zero-order valence-corrected chi connectivity index (χ0v) is 11.1. The average molecular weight is 261 g/mol. The molecular weight excluding hydrogens is 238 g/mol. The largest absolute Gasteiger partial charge is 0.394 e. The molecule has 1 amide bonds. The third-order valence-corrected chi connectivity index (χ3v) is 3.84. The summed E-state index contributed by atoms with van der Waals surface area (Å²) in [5.41, 5.74) is -1.37. The van der Waals surface area contributed by atoms with Crippen LogP contribution in [-0.4, -0.2) is 58.8 Å². The third kappa shape index (κ3) is 2.83. The van der Waals surface area contributed by atoms with Crippen LogP contribution in [0.3, 0.4) is 0 Å². The monoisotopic (exact) mass is 261 g/mol. The molecule has 0 spiro atoms. The van der Waals surface area contributed by atoms with Gasteiger partial charge in [0.2, 0.25) is 5.91 Å². The van der Waals surface area contributed by atoms with E-state index >= 15 is 0 Å².